The van der Waals surface area contributed by atoms with Gasteiger partial charge in [-0.25, -0.2) is 9.97 Å². The van der Waals surface area contributed by atoms with Crippen LogP contribution in [0.5, 0.6) is 0 Å². The second kappa shape index (κ2) is 7.72. The second-order valence-electron chi connectivity index (χ2n) is 7.06. The number of aromatic nitrogens is 2. The summed E-state index contributed by atoms with van der Waals surface area (Å²) in [4.78, 5) is 27.8. The zero-order valence-electron chi connectivity index (χ0n) is 16.1. The van der Waals surface area contributed by atoms with E-state index in [9.17, 15) is 4.79 Å². The Morgan fingerprint density at radius 1 is 1.08 bits per heavy atom. The van der Waals surface area contributed by atoms with Crippen LogP contribution in [-0.2, 0) is 11.2 Å². The fraction of sp³-hybridized carbons (Fsp3) is 0.450. The molecule has 1 aromatic heterocycles. The fourth-order valence-electron chi connectivity index (χ4n) is 3.22. The lowest BCUT2D eigenvalue weighted by Crippen LogP contribution is -2.49. The maximum absolute atomic E-state index is 12.6. The molecule has 6 nitrogen and oxygen atoms in total. The van der Waals surface area contributed by atoms with E-state index in [-0.39, 0.29) is 5.91 Å². The molecule has 3 rings (SSSR count). The summed E-state index contributed by atoms with van der Waals surface area (Å²) in [5.74, 6) is 2.81. The van der Waals surface area contributed by atoms with Gasteiger partial charge in [-0.05, 0) is 19.4 Å². The average Bonchev–Trinajstić information content (AvgIpc) is 2.61. The van der Waals surface area contributed by atoms with Gasteiger partial charge in [-0.1, -0.05) is 29.8 Å². The van der Waals surface area contributed by atoms with E-state index in [0.29, 0.717) is 6.42 Å². The molecule has 1 fully saturated rings. The summed E-state index contributed by atoms with van der Waals surface area (Å²) in [7, 11) is 3.96. The number of piperazine rings is 1. The first-order valence-electron chi connectivity index (χ1n) is 9.03. The van der Waals surface area contributed by atoms with E-state index in [0.717, 1.165) is 49.2 Å². The third-order valence-corrected chi connectivity index (χ3v) is 4.66. The molecule has 0 radical (unpaired) electrons. The summed E-state index contributed by atoms with van der Waals surface area (Å²) >= 11 is 0. The average molecular weight is 353 g/mol. The van der Waals surface area contributed by atoms with E-state index in [2.05, 4.69) is 33.9 Å². The van der Waals surface area contributed by atoms with Gasteiger partial charge in [-0.15, -0.1) is 0 Å². The monoisotopic (exact) mass is 353 g/mol. The third-order valence-electron chi connectivity index (χ3n) is 4.66. The SMILES string of the molecule is Cc1cccc(CC(=O)N2CCN(c3cc(N(C)C)nc(C)n3)CC2)c1. The summed E-state index contributed by atoms with van der Waals surface area (Å²) in [6.07, 6.45) is 0.471. The maximum atomic E-state index is 12.6. The van der Waals surface area contributed by atoms with Crippen LogP contribution >= 0.6 is 0 Å². The number of aryl methyl sites for hydroxylation is 2. The number of amides is 1. The quantitative estimate of drug-likeness (QED) is 0.842. The van der Waals surface area contributed by atoms with Crippen LogP contribution in [0.1, 0.15) is 17.0 Å². The van der Waals surface area contributed by atoms with Crippen LogP contribution in [0.15, 0.2) is 30.3 Å². The second-order valence-corrected chi connectivity index (χ2v) is 7.06. The number of anilines is 2. The lowest BCUT2D eigenvalue weighted by Gasteiger charge is -2.35. The van der Waals surface area contributed by atoms with Gasteiger partial charge in [-0.3, -0.25) is 4.79 Å². The highest BCUT2D eigenvalue weighted by atomic mass is 16.2. The van der Waals surface area contributed by atoms with Gasteiger partial charge in [-0.2, -0.15) is 0 Å². The van der Waals surface area contributed by atoms with E-state index in [4.69, 9.17) is 0 Å². The van der Waals surface area contributed by atoms with Crippen LogP contribution in [-0.4, -0.2) is 61.0 Å². The number of nitrogens with zero attached hydrogens (tertiary/aromatic N) is 5. The lowest BCUT2D eigenvalue weighted by atomic mass is 10.1. The largest absolute Gasteiger partial charge is 0.363 e. The molecule has 1 aliphatic rings. The van der Waals surface area contributed by atoms with Gasteiger partial charge in [0.05, 0.1) is 6.42 Å². The number of carbonyl (C=O) groups excluding carboxylic acids is 1. The van der Waals surface area contributed by atoms with E-state index in [1.165, 1.54) is 5.56 Å². The molecule has 1 aliphatic heterocycles. The van der Waals surface area contributed by atoms with Crippen LogP contribution in [0.2, 0.25) is 0 Å². The Kier molecular flexibility index (Phi) is 5.40. The number of rotatable bonds is 4. The molecule has 0 N–H and O–H groups in total. The van der Waals surface area contributed by atoms with E-state index < -0.39 is 0 Å². The zero-order chi connectivity index (χ0) is 18.7. The van der Waals surface area contributed by atoms with Crippen molar-refractivity contribution in [1.82, 2.24) is 14.9 Å². The summed E-state index contributed by atoms with van der Waals surface area (Å²) in [6, 6.07) is 10.2. The summed E-state index contributed by atoms with van der Waals surface area (Å²) in [5.41, 5.74) is 2.27. The Labute approximate surface area is 155 Å². The van der Waals surface area contributed by atoms with Crippen LogP contribution < -0.4 is 9.80 Å². The molecule has 26 heavy (non-hydrogen) atoms. The van der Waals surface area contributed by atoms with Crippen molar-refractivity contribution in [1.29, 1.82) is 0 Å². The molecule has 0 saturated carbocycles. The van der Waals surface area contributed by atoms with Crippen LogP contribution in [0.25, 0.3) is 0 Å². The molecule has 0 unspecified atom stereocenters. The standard InChI is InChI=1S/C20H27N5O/c1-15-6-5-7-17(12-15)13-20(26)25-10-8-24(9-11-25)19-14-18(23(3)4)21-16(2)22-19/h5-7,12,14H,8-11,13H2,1-4H3. The van der Waals surface area contributed by atoms with Crippen molar-refractivity contribution in [2.75, 3.05) is 50.1 Å². The Balaban J connectivity index is 1.61. The molecule has 138 valence electrons. The molecule has 1 amide bonds. The molecule has 6 heteroatoms. The van der Waals surface area contributed by atoms with E-state index >= 15 is 0 Å². The minimum absolute atomic E-state index is 0.197. The van der Waals surface area contributed by atoms with E-state index in [1.54, 1.807) is 0 Å². The van der Waals surface area contributed by atoms with Gasteiger partial charge in [0.15, 0.2) is 0 Å². The molecular weight excluding hydrogens is 326 g/mol. The molecule has 0 aliphatic carbocycles. The first kappa shape index (κ1) is 18.2. The number of benzene rings is 1. The summed E-state index contributed by atoms with van der Waals surface area (Å²) in [6.45, 7) is 7.01. The summed E-state index contributed by atoms with van der Waals surface area (Å²) < 4.78 is 0. The third kappa shape index (κ3) is 4.31. The fourth-order valence-corrected chi connectivity index (χ4v) is 3.22. The van der Waals surface area contributed by atoms with Crippen LogP contribution in [0, 0.1) is 13.8 Å². The number of hydrogen-bond acceptors (Lipinski definition) is 5. The molecule has 0 bridgehead atoms. The van der Waals surface area contributed by atoms with Crippen molar-refractivity contribution >= 4 is 17.5 Å². The van der Waals surface area contributed by atoms with E-state index in [1.807, 2.05) is 49.0 Å². The van der Waals surface area contributed by atoms with Gasteiger partial charge < -0.3 is 14.7 Å². The van der Waals surface area contributed by atoms with Gasteiger partial charge in [0.1, 0.15) is 17.5 Å². The van der Waals surface area contributed by atoms with Gasteiger partial charge in [0.25, 0.3) is 0 Å². The first-order chi connectivity index (χ1) is 12.4. The molecule has 2 heterocycles. The van der Waals surface area contributed by atoms with Crippen molar-refractivity contribution in [3.05, 3.63) is 47.3 Å². The highest BCUT2D eigenvalue weighted by molar-refractivity contribution is 5.79. The lowest BCUT2D eigenvalue weighted by molar-refractivity contribution is -0.130. The highest BCUT2D eigenvalue weighted by Crippen LogP contribution is 2.19. The predicted octanol–water partition coefficient (Wildman–Crippen LogP) is 2.05. The van der Waals surface area contributed by atoms with Crippen LogP contribution in [0.4, 0.5) is 11.6 Å². The van der Waals surface area contributed by atoms with Crippen molar-refractivity contribution in [2.24, 2.45) is 0 Å². The van der Waals surface area contributed by atoms with Crippen molar-refractivity contribution in [3.63, 3.8) is 0 Å². The smallest absolute Gasteiger partial charge is 0.227 e. The first-order valence-corrected chi connectivity index (χ1v) is 9.03. The van der Waals surface area contributed by atoms with Gasteiger partial charge in [0, 0.05) is 46.3 Å². The molecule has 0 spiro atoms. The minimum atomic E-state index is 0.197. The van der Waals surface area contributed by atoms with Gasteiger partial charge in [0.2, 0.25) is 5.91 Å². The highest BCUT2D eigenvalue weighted by Gasteiger charge is 2.22. The maximum Gasteiger partial charge on any atom is 0.227 e. The number of hydrogen-bond donors (Lipinski definition) is 0. The predicted molar refractivity (Wildman–Crippen MR) is 105 cm³/mol. The molecule has 0 atom stereocenters. The van der Waals surface area contributed by atoms with Crippen molar-refractivity contribution in [3.8, 4) is 0 Å². The Morgan fingerprint density at radius 2 is 1.81 bits per heavy atom. The Hall–Kier alpha value is -2.63. The topological polar surface area (TPSA) is 52.6 Å². The summed E-state index contributed by atoms with van der Waals surface area (Å²) in [5, 5.41) is 0. The van der Waals surface area contributed by atoms with Gasteiger partial charge >= 0.3 is 0 Å². The Bertz CT molecular complexity index is 782. The molecule has 2 aromatic rings. The molecule has 1 aromatic carbocycles. The Morgan fingerprint density at radius 3 is 2.46 bits per heavy atom. The van der Waals surface area contributed by atoms with Crippen molar-refractivity contribution < 1.29 is 4.79 Å². The van der Waals surface area contributed by atoms with Crippen LogP contribution in [0.3, 0.4) is 0 Å². The molecular formula is C20H27N5O. The zero-order valence-corrected chi connectivity index (χ0v) is 16.1. The van der Waals surface area contributed by atoms with Crippen molar-refractivity contribution in [2.45, 2.75) is 20.3 Å². The molecule has 1 saturated heterocycles. The number of carbonyl (C=O) groups is 1. The minimum Gasteiger partial charge on any atom is -0.363 e. The normalized spacial score (nSPS) is 14.5.